The Hall–Kier alpha value is -3.55. The van der Waals surface area contributed by atoms with Gasteiger partial charge in [0, 0.05) is 29.3 Å². The average Bonchev–Trinajstić information content (AvgIpc) is 2.95. The molecule has 4 rings (SSSR count). The number of benzene rings is 3. The average molecular weight is 479 g/mol. The molecule has 1 heterocycles. The number of amides is 1. The molecule has 7 nitrogen and oxygen atoms in total. The molecule has 2 N–H and O–H groups in total. The molecule has 0 radical (unpaired) electrons. The maximum absolute atomic E-state index is 13.4. The number of aliphatic imine (C=N–C) groups is 1. The first-order valence-electron chi connectivity index (χ1n) is 10.9. The van der Waals surface area contributed by atoms with E-state index in [1.807, 2.05) is 61.5 Å². The molecule has 0 saturated carbocycles. The number of nitrogens with zero attached hydrogens (tertiary/aromatic N) is 2. The van der Waals surface area contributed by atoms with Crippen molar-refractivity contribution in [1.82, 2.24) is 5.32 Å². The summed E-state index contributed by atoms with van der Waals surface area (Å²) in [6, 6.07) is 20.8. The lowest BCUT2D eigenvalue weighted by molar-refractivity contribution is -0.120. The number of carbonyl (C=O) groups excluding carboxylic acids is 1. The molecule has 176 valence electrons. The third-order valence-electron chi connectivity index (χ3n) is 5.63. The molecule has 0 aliphatic carbocycles. The van der Waals surface area contributed by atoms with E-state index < -0.39 is 6.17 Å². The summed E-state index contributed by atoms with van der Waals surface area (Å²) in [7, 11) is 4.95. The van der Waals surface area contributed by atoms with Gasteiger partial charge >= 0.3 is 0 Å². The van der Waals surface area contributed by atoms with E-state index >= 15 is 0 Å². The van der Waals surface area contributed by atoms with Crippen molar-refractivity contribution in [2.24, 2.45) is 4.99 Å². The smallest absolute Gasteiger partial charge is 0.266 e. The van der Waals surface area contributed by atoms with E-state index in [9.17, 15) is 4.79 Å². The summed E-state index contributed by atoms with van der Waals surface area (Å²) in [5.41, 5.74) is 3.91. The van der Waals surface area contributed by atoms with Crippen molar-refractivity contribution < 1.29 is 14.3 Å². The van der Waals surface area contributed by atoms with E-state index in [0.717, 1.165) is 22.5 Å². The third kappa shape index (κ3) is 4.85. The summed E-state index contributed by atoms with van der Waals surface area (Å²) in [5.74, 6) is 1.15. The normalized spacial score (nSPS) is 16.3. The van der Waals surface area contributed by atoms with E-state index in [4.69, 9.17) is 26.1 Å². The molecule has 34 heavy (non-hydrogen) atoms. The molecular weight excluding hydrogens is 452 g/mol. The molecule has 2 atom stereocenters. The second-order valence-electron chi connectivity index (χ2n) is 7.90. The fourth-order valence-electron chi connectivity index (χ4n) is 3.91. The molecule has 1 amide bonds. The van der Waals surface area contributed by atoms with Crippen molar-refractivity contribution in [2.75, 3.05) is 31.5 Å². The minimum absolute atomic E-state index is 0.176. The lowest BCUT2D eigenvalue weighted by atomic mass is 10.0. The number of nitrogens with one attached hydrogen (secondary N) is 2. The molecule has 0 spiro atoms. The first-order valence-corrected chi connectivity index (χ1v) is 11.2. The molecule has 0 saturated heterocycles. The van der Waals surface area contributed by atoms with Gasteiger partial charge in [0.25, 0.3) is 5.91 Å². The second-order valence-corrected chi connectivity index (χ2v) is 8.34. The van der Waals surface area contributed by atoms with E-state index in [2.05, 4.69) is 10.6 Å². The summed E-state index contributed by atoms with van der Waals surface area (Å²) in [6.07, 6.45) is -1.13. The number of benzodiazepines with no additional fused rings is 1. The molecule has 0 aromatic heterocycles. The predicted octanol–water partition coefficient (Wildman–Crippen LogP) is 4.54. The van der Waals surface area contributed by atoms with Crippen LogP contribution >= 0.6 is 11.6 Å². The van der Waals surface area contributed by atoms with Crippen LogP contribution in [0.4, 0.5) is 11.4 Å². The van der Waals surface area contributed by atoms with Crippen LogP contribution in [0.3, 0.4) is 0 Å². The van der Waals surface area contributed by atoms with Gasteiger partial charge in [-0.2, -0.15) is 0 Å². The standard InChI is InChI=1S/C26H27ClN4O3/c1-16(28-21-12-11-19(33-3)15-23(21)34-4)29-25-26(32)31(2)22-13-10-18(27)14-20(22)24(30-25)17-8-6-5-7-9-17/h5-16,25,28-29H,1-4H3. The maximum atomic E-state index is 13.4. The summed E-state index contributed by atoms with van der Waals surface area (Å²) in [4.78, 5) is 19.9. The number of hydrogen-bond donors (Lipinski definition) is 2. The Balaban J connectivity index is 1.67. The van der Waals surface area contributed by atoms with Crippen LogP contribution in [0, 0.1) is 0 Å². The number of fused-ring (bicyclic) bond motifs is 1. The van der Waals surface area contributed by atoms with Crippen molar-refractivity contribution in [3.8, 4) is 11.5 Å². The molecule has 0 bridgehead atoms. The van der Waals surface area contributed by atoms with Crippen LogP contribution in [0.5, 0.6) is 11.5 Å². The molecule has 8 heteroatoms. The van der Waals surface area contributed by atoms with Gasteiger partial charge in [-0.05, 0) is 37.3 Å². The zero-order valence-corrected chi connectivity index (χ0v) is 20.3. The number of likely N-dealkylation sites (N-methyl/N-ethyl adjacent to an activating group) is 1. The number of halogens is 1. The van der Waals surface area contributed by atoms with Gasteiger partial charge < -0.3 is 19.7 Å². The number of methoxy groups -OCH3 is 2. The number of ether oxygens (including phenoxy) is 2. The highest BCUT2D eigenvalue weighted by Crippen LogP contribution is 2.31. The highest BCUT2D eigenvalue weighted by atomic mass is 35.5. The first-order chi connectivity index (χ1) is 16.4. The number of carbonyl (C=O) groups is 1. The number of rotatable bonds is 7. The summed E-state index contributed by atoms with van der Waals surface area (Å²) < 4.78 is 10.7. The van der Waals surface area contributed by atoms with E-state index in [1.54, 1.807) is 38.3 Å². The second kappa shape index (κ2) is 10.2. The highest BCUT2D eigenvalue weighted by molar-refractivity contribution is 6.32. The van der Waals surface area contributed by atoms with Crippen molar-refractivity contribution in [2.45, 2.75) is 19.3 Å². The lowest BCUT2D eigenvalue weighted by Gasteiger charge is -2.25. The third-order valence-corrected chi connectivity index (χ3v) is 5.87. The van der Waals surface area contributed by atoms with Crippen LogP contribution in [0.1, 0.15) is 18.1 Å². The minimum atomic E-state index is -0.821. The van der Waals surface area contributed by atoms with Crippen molar-refractivity contribution in [3.63, 3.8) is 0 Å². The van der Waals surface area contributed by atoms with Gasteiger partial charge in [-0.3, -0.25) is 15.1 Å². The number of anilines is 2. The van der Waals surface area contributed by atoms with Crippen molar-refractivity contribution >= 4 is 34.6 Å². The van der Waals surface area contributed by atoms with Gasteiger partial charge in [0.2, 0.25) is 0 Å². The Labute approximate surface area is 204 Å². The van der Waals surface area contributed by atoms with Gasteiger partial charge in [0.1, 0.15) is 11.5 Å². The molecule has 3 aromatic carbocycles. The monoisotopic (exact) mass is 478 g/mol. The molecule has 1 aliphatic heterocycles. The Morgan fingerprint density at radius 3 is 2.50 bits per heavy atom. The summed E-state index contributed by atoms with van der Waals surface area (Å²) >= 11 is 6.32. The topological polar surface area (TPSA) is 75.2 Å². The van der Waals surface area contributed by atoms with Gasteiger partial charge in [0.05, 0.1) is 37.5 Å². The SMILES string of the molecule is COc1ccc(NC(C)NC2N=C(c3ccccc3)c3cc(Cl)ccc3N(C)C2=O)c(OC)c1. The van der Waals surface area contributed by atoms with Gasteiger partial charge in [-0.15, -0.1) is 0 Å². The fraction of sp³-hybridized carbons (Fsp3) is 0.231. The van der Waals surface area contributed by atoms with Gasteiger partial charge in [0.15, 0.2) is 6.17 Å². The Kier molecular flexibility index (Phi) is 7.05. The van der Waals surface area contributed by atoms with E-state index in [-0.39, 0.29) is 12.1 Å². The molecule has 3 aromatic rings. The van der Waals surface area contributed by atoms with Crippen LogP contribution in [-0.2, 0) is 4.79 Å². The van der Waals surface area contributed by atoms with Crippen LogP contribution < -0.4 is 25.0 Å². The first kappa shape index (κ1) is 23.6. The Bertz CT molecular complexity index is 1220. The summed E-state index contributed by atoms with van der Waals surface area (Å²) in [5, 5.41) is 7.23. The van der Waals surface area contributed by atoms with Gasteiger partial charge in [-0.1, -0.05) is 41.9 Å². The zero-order chi connectivity index (χ0) is 24.2. The van der Waals surface area contributed by atoms with Crippen molar-refractivity contribution in [1.29, 1.82) is 0 Å². The largest absolute Gasteiger partial charge is 0.497 e. The quantitative estimate of drug-likeness (QED) is 0.487. The fourth-order valence-corrected chi connectivity index (χ4v) is 4.08. The molecule has 2 unspecified atom stereocenters. The van der Waals surface area contributed by atoms with Gasteiger partial charge in [-0.25, -0.2) is 0 Å². The number of hydrogen-bond acceptors (Lipinski definition) is 6. The summed E-state index contributed by atoms with van der Waals surface area (Å²) in [6.45, 7) is 1.92. The Morgan fingerprint density at radius 2 is 1.79 bits per heavy atom. The van der Waals surface area contributed by atoms with Crippen LogP contribution in [-0.4, -0.2) is 45.2 Å². The lowest BCUT2D eigenvalue weighted by Crippen LogP contribution is -2.49. The predicted molar refractivity (Wildman–Crippen MR) is 136 cm³/mol. The Morgan fingerprint density at radius 1 is 1.03 bits per heavy atom. The van der Waals surface area contributed by atoms with Crippen LogP contribution in [0.25, 0.3) is 0 Å². The maximum Gasteiger partial charge on any atom is 0.266 e. The van der Waals surface area contributed by atoms with Crippen LogP contribution in [0.2, 0.25) is 5.02 Å². The van der Waals surface area contributed by atoms with E-state index in [0.29, 0.717) is 22.2 Å². The zero-order valence-electron chi connectivity index (χ0n) is 19.5. The van der Waals surface area contributed by atoms with E-state index in [1.165, 1.54) is 0 Å². The minimum Gasteiger partial charge on any atom is -0.497 e. The molecular formula is C26H27ClN4O3. The van der Waals surface area contributed by atoms with Crippen LogP contribution in [0.15, 0.2) is 71.7 Å². The molecule has 0 fully saturated rings. The molecule has 1 aliphatic rings. The van der Waals surface area contributed by atoms with Crippen molar-refractivity contribution in [3.05, 3.63) is 82.9 Å². The highest BCUT2D eigenvalue weighted by Gasteiger charge is 2.31.